The number of anilines is 1. The van der Waals surface area contributed by atoms with E-state index in [0.717, 1.165) is 15.5 Å². The number of aryl methyl sites for hydroxylation is 1. The third kappa shape index (κ3) is 3.07. The highest BCUT2D eigenvalue weighted by molar-refractivity contribution is 7.99. The summed E-state index contributed by atoms with van der Waals surface area (Å²) in [5.74, 6) is 0.600. The molecule has 1 N–H and O–H groups in total. The van der Waals surface area contributed by atoms with Crippen molar-refractivity contribution in [3.8, 4) is 0 Å². The first-order valence-electron chi connectivity index (χ1n) is 5.24. The number of benzene rings is 1. The van der Waals surface area contributed by atoms with Gasteiger partial charge in [-0.05, 0) is 25.1 Å². The zero-order valence-corrected chi connectivity index (χ0v) is 12.2. The normalized spacial score (nSPS) is 10.4. The van der Waals surface area contributed by atoms with Gasteiger partial charge < -0.3 is 5.32 Å². The van der Waals surface area contributed by atoms with Crippen molar-refractivity contribution in [1.29, 1.82) is 0 Å². The SMILES string of the molecule is CNc1ncc(C)c(Sc2ccc(Cl)c(Cl)c2)n1. The largest absolute Gasteiger partial charge is 0.357 e. The fourth-order valence-electron chi connectivity index (χ4n) is 1.30. The number of rotatable bonds is 3. The van der Waals surface area contributed by atoms with Crippen LogP contribution in [-0.2, 0) is 0 Å². The molecule has 0 bridgehead atoms. The molecule has 0 aliphatic heterocycles. The predicted molar refractivity (Wildman–Crippen MR) is 76.9 cm³/mol. The van der Waals surface area contributed by atoms with E-state index in [4.69, 9.17) is 23.2 Å². The standard InChI is InChI=1S/C12H11Cl2N3S/c1-7-6-16-12(15-2)17-11(7)18-8-3-4-9(13)10(14)5-8/h3-6H,1-2H3,(H,15,16,17). The topological polar surface area (TPSA) is 37.8 Å². The summed E-state index contributed by atoms with van der Waals surface area (Å²) < 4.78 is 0. The Bertz CT molecular complexity index is 575. The van der Waals surface area contributed by atoms with Gasteiger partial charge in [0.05, 0.1) is 10.0 Å². The van der Waals surface area contributed by atoms with Crippen LogP contribution in [-0.4, -0.2) is 17.0 Å². The molecule has 0 radical (unpaired) electrons. The van der Waals surface area contributed by atoms with Gasteiger partial charge in [0.2, 0.25) is 5.95 Å². The molecule has 1 aromatic heterocycles. The molecule has 6 heteroatoms. The summed E-state index contributed by atoms with van der Waals surface area (Å²) in [5, 5.41) is 4.91. The molecule has 0 spiro atoms. The van der Waals surface area contributed by atoms with Crippen LogP contribution in [0.15, 0.2) is 34.3 Å². The molecule has 0 amide bonds. The summed E-state index contributed by atoms with van der Waals surface area (Å²) in [6.45, 7) is 1.97. The van der Waals surface area contributed by atoms with Crippen molar-refractivity contribution in [3.63, 3.8) is 0 Å². The zero-order valence-electron chi connectivity index (χ0n) is 9.87. The molecule has 1 aromatic carbocycles. The zero-order chi connectivity index (χ0) is 13.1. The van der Waals surface area contributed by atoms with Crippen LogP contribution in [0.5, 0.6) is 0 Å². The third-order valence-corrected chi connectivity index (χ3v) is 4.09. The molecule has 0 fully saturated rings. The van der Waals surface area contributed by atoms with E-state index in [0.29, 0.717) is 16.0 Å². The molecule has 3 nitrogen and oxygen atoms in total. The number of hydrogen-bond donors (Lipinski definition) is 1. The maximum Gasteiger partial charge on any atom is 0.223 e. The minimum atomic E-state index is 0.544. The van der Waals surface area contributed by atoms with Crippen molar-refractivity contribution in [2.24, 2.45) is 0 Å². The summed E-state index contributed by atoms with van der Waals surface area (Å²) >= 11 is 13.4. The highest BCUT2D eigenvalue weighted by Gasteiger charge is 2.07. The van der Waals surface area contributed by atoms with Crippen molar-refractivity contribution in [2.75, 3.05) is 12.4 Å². The van der Waals surface area contributed by atoms with Gasteiger partial charge in [-0.25, -0.2) is 9.97 Å². The number of nitrogens with zero attached hydrogens (tertiary/aromatic N) is 2. The first-order chi connectivity index (χ1) is 8.60. The Morgan fingerprint density at radius 1 is 1.22 bits per heavy atom. The Kier molecular flexibility index (Phi) is 4.32. The van der Waals surface area contributed by atoms with Crippen molar-refractivity contribution < 1.29 is 0 Å². The van der Waals surface area contributed by atoms with Gasteiger partial charge in [-0.3, -0.25) is 0 Å². The number of nitrogens with one attached hydrogen (secondary N) is 1. The summed E-state index contributed by atoms with van der Waals surface area (Å²) in [4.78, 5) is 9.54. The van der Waals surface area contributed by atoms with Gasteiger partial charge in [0.15, 0.2) is 0 Å². The monoisotopic (exact) mass is 299 g/mol. The van der Waals surface area contributed by atoms with E-state index in [2.05, 4.69) is 15.3 Å². The third-order valence-electron chi connectivity index (χ3n) is 2.25. The van der Waals surface area contributed by atoms with Gasteiger partial charge in [-0.2, -0.15) is 0 Å². The van der Waals surface area contributed by atoms with E-state index in [-0.39, 0.29) is 0 Å². The van der Waals surface area contributed by atoms with E-state index in [1.165, 1.54) is 11.8 Å². The molecule has 18 heavy (non-hydrogen) atoms. The molecular formula is C12H11Cl2N3S. The van der Waals surface area contributed by atoms with Gasteiger partial charge >= 0.3 is 0 Å². The molecule has 0 aliphatic rings. The molecule has 0 saturated heterocycles. The number of aromatic nitrogens is 2. The van der Waals surface area contributed by atoms with Gasteiger partial charge in [-0.15, -0.1) is 0 Å². The summed E-state index contributed by atoms with van der Waals surface area (Å²) in [7, 11) is 1.79. The first kappa shape index (κ1) is 13.5. The van der Waals surface area contributed by atoms with Crippen molar-refractivity contribution >= 4 is 40.9 Å². The second-order valence-corrected chi connectivity index (χ2v) is 5.49. The summed E-state index contributed by atoms with van der Waals surface area (Å²) in [6, 6.07) is 5.52. The van der Waals surface area contributed by atoms with Gasteiger partial charge in [-0.1, -0.05) is 35.0 Å². The second kappa shape index (κ2) is 5.78. The molecule has 94 valence electrons. The Balaban J connectivity index is 2.30. The lowest BCUT2D eigenvalue weighted by atomic mass is 10.4. The fraction of sp³-hybridized carbons (Fsp3) is 0.167. The molecule has 0 aliphatic carbocycles. The average Bonchev–Trinajstić information content (AvgIpc) is 2.36. The van der Waals surface area contributed by atoms with E-state index < -0.39 is 0 Å². The molecule has 0 atom stereocenters. The Hall–Kier alpha value is -0.970. The summed E-state index contributed by atoms with van der Waals surface area (Å²) in [6.07, 6.45) is 1.79. The van der Waals surface area contributed by atoms with Crippen molar-refractivity contribution in [1.82, 2.24) is 9.97 Å². The quantitative estimate of drug-likeness (QED) is 0.858. The molecule has 0 unspecified atom stereocenters. The van der Waals surface area contributed by atoms with Crippen LogP contribution < -0.4 is 5.32 Å². The van der Waals surface area contributed by atoms with Gasteiger partial charge in [0, 0.05) is 23.7 Å². The molecule has 0 saturated carbocycles. The van der Waals surface area contributed by atoms with Crippen LogP contribution in [0.25, 0.3) is 0 Å². The van der Waals surface area contributed by atoms with Gasteiger partial charge in [0.25, 0.3) is 0 Å². The minimum Gasteiger partial charge on any atom is -0.357 e. The molecular weight excluding hydrogens is 289 g/mol. The van der Waals surface area contributed by atoms with E-state index in [1.807, 2.05) is 19.1 Å². The lowest BCUT2D eigenvalue weighted by Gasteiger charge is -2.07. The van der Waals surface area contributed by atoms with Crippen molar-refractivity contribution in [2.45, 2.75) is 16.8 Å². The predicted octanol–water partition coefficient (Wildman–Crippen LogP) is 4.28. The molecule has 2 aromatic rings. The fourth-order valence-corrected chi connectivity index (χ4v) is 2.55. The number of hydrogen-bond acceptors (Lipinski definition) is 4. The van der Waals surface area contributed by atoms with E-state index in [9.17, 15) is 0 Å². The lowest BCUT2D eigenvalue weighted by molar-refractivity contribution is 1.00. The van der Waals surface area contributed by atoms with Gasteiger partial charge in [0.1, 0.15) is 5.03 Å². The average molecular weight is 300 g/mol. The van der Waals surface area contributed by atoms with Crippen LogP contribution in [0, 0.1) is 6.92 Å². The van der Waals surface area contributed by atoms with E-state index in [1.54, 1.807) is 19.3 Å². The Morgan fingerprint density at radius 3 is 2.67 bits per heavy atom. The second-order valence-electron chi connectivity index (χ2n) is 3.61. The molecule has 1 heterocycles. The van der Waals surface area contributed by atoms with Crippen LogP contribution in [0.1, 0.15) is 5.56 Å². The Morgan fingerprint density at radius 2 is 2.00 bits per heavy atom. The molecule has 2 rings (SSSR count). The number of halogens is 2. The van der Waals surface area contributed by atoms with Crippen LogP contribution in [0.2, 0.25) is 10.0 Å². The maximum absolute atomic E-state index is 5.99. The highest BCUT2D eigenvalue weighted by Crippen LogP contribution is 2.33. The van der Waals surface area contributed by atoms with Crippen LogP contribution in [0.4, 0.5) is 5.95 Å². The smallest absolute Gasteiger partial charge is 0.223 e. The summed E-state index contributed by atoms with van der Waals surface area (Å²) in [5.41, 5.74) is 1.02. The Labute approximate surface area is 120 Å². The van der Waals surface area contributed by atoms with Crippen LogP contribution >= 0.6 is 35.0 Å². The maximum atomic E-state index is 5.99. The van der Waals surface area contributed by atoms with E-state index >= 15 is 0 Å². The minimum absolute atomic E-state index is 0.544. The first-order valence-corrected chi connectivity index (χ1v) is 6.81. The highest BCUT2D eigenvalue weighted by atomic mass is 35.5. The lowest BCUT2D eigenvalue weighted by Crippen LogP contribution is -1.98. The van der Waals surface area contributed by atoms with Crippen molar-refractivity contribution in [3.05, 3.63) is 40.0 Å². The van der Waals surface area contributed by atoms with Crippen LogP contribution in [0.3, 0.4) is 0 Å².